The molecule has 0 unspecified atom stereocenters. The van der Waals surface area contributed by atoms with Crippen LogP contribution in [0.25, 0.3) is 0 Å². The molecule has 6 nitrogen and oxygen atoms in total. The van der Waals surface area contributed by atoms with Gasteiger partial charge in [-0.2, -0.15) is 0 Å². The lowest BCUT2D eigenvalue weighted by molar-refractivity contribution is 0.0696. The van der Waals surface area contributed by atoms with Crippen LogP contribution in [-0.2, 0) is 6.42 Å². The summed E-state index contributed by atoms with van der Waals surface area (Å²) in [5.74, 6) is -0.501. The molecule has 2 aromatic carbocycles. The number of benzene rings is 2. The van der Waals surface area contributed by atoms with E-state index in [-0.39, 0.29) is 11.5 Å². The average molecular weight is 342 g/mol. The van der Waals surface area contributed by atoms with E-state index in [0.717, 1.165) is 11.3 Å². The summed E-state index contributed by atoms with van der Waals surface area (Å²) in [4.78, 5) is 25.2. The zero-order valence-electron chi connectivity index (χ0n) is 14.6. The first kappa shape index (κ1) is 18.3. The highest BCUT2D eigenvalue weighted by atomic mass is 16.5. The van der Waals surface area contributed by atoms with Gasteiger partial charge in [0.25, 0.3) is 5.91 Å². The Morgan fingerprint density at radius 3 is 2.36 bits per heavy atom. The molecule has 0 fully saturated rings. The predicted octanol–water partition coefficient (Wildman–Crippen LogP) is 2.43. The molecule has 0 aliphatic heterocycles. The first-order valence-corrected chi connectivity index (χ1v) is 7.88. The Hall–Kier alpha value is -3.02. The minimum absolute atomic E-state index is 0.176. The number of hydrogen-bond donors (Lipinski definition) is 2. The molecule has 0 heterocycles. The zero-order valence-corrected chi connectivity index (χ0v) is 14.6. The molecule has 0 atom stereocenters. The fourth-order valence-corrected chi connectivity index (χ4v) is 2.44. The van der Waals surface area contributed by atoms with Gasteiger partial charge in [0.05, 0.1) is 18.2 Å². The van der Waals surface area contributed by atoms with E-state index in [1.165, 1.54) is 0 Å². The molecule has 0 bridgehead atoms. The molecule has 0 spiro atoms. The largest absolute Gasteiger partial charge is 0.497 e. The average Bonchev–Trinajstić information content (AvgIpc) is 2.61. The molecule has 132 valence electrons. The number of amides is 1. The molecule has 1 amide bonds. The van der Waals surface area contributed by atoms with Crippen LogP contribution >= 0.6 is 0 Å². The van der Waals surface area contributed by atoms with Gasteiger partial charge in [0, 0.05) is 26.3 Å². The van der Waals surface area contributed by atoms with Crippen molar-refractivity contribution in [1.29, 1.82) is 0 Å². The molecule has 2 N–H and O–H groups in total. The first-order chi connectivity index (χ1) is 11.9. The molecule has 2 aromatic rings. The molecule has 0 aromatic heterocycles. The van der Waals surface area contributed by atoms with Gasteiger partial charge < -0.3 is 20.1 Å². The highest BCUT2D eigenvalue weighted by Gasteiger charge is 2.14. The number of carbonyl (C=O) groups is 2. The third-order valence-electron chi connectivity index (χ3n) is 3.83. The van der Waals surface area contributed by atoms with Crippen LogP contribution in [-0.4, -0.2) is 44.7 Å². The van der Waals surface area contributed by atoms with Crippen LogP contribution in [0.3, 0.4) is 0 Å². The van der Waals surface area contributed by atoms with Gasteiger partial charge in [-0.15, -0.1) is 0 Å². The topological polar surface area (TPSA) is 78.9 Å². The number of nitrogens with one attached hydrogen (secondary N) is 1. The van der Waals surface area contributed by atoms with E-state index in [1.807, 2.05) is 31.1 Å². The maximum Gasteiger partial charge on any atom is 0.335 e. The second kappa shape index (κ2) is 8.19. The van der Waals surface area contributed by atoms with Crippen molar-refractivity contribution in [2.75, 3.05) is 32.6 Å². The lowest BCUT2D eigenvalue weighted by Crippen LogP contribution is -2.27. The number of carbonyl (C=O) groups excluding carboxylic acids is 1. The Morgan fingerprint density at radius 1 is 1.12 bits per heavy atom. The number of nitrogens with zero attached hydrogens (tertiary/aromatic N) is 1. The van der Waals surface area contributed by atoms with Gasteiger partial charge >= 0.3 is 5.97 Å². The molecule has 0 aliphatic rings. The second-order valence-corrected chi connectivity index (χ2v) is 5.79. The van der Waals surface area contributed by atoms with Crippen LogP contribution in [0.4, 0.5) is 5.69 Å². The minimum atomic E-state index is -0.950. The quantitative estimate of drug-likeness (QED) is 0.808. The van der Waals surface area contributed by atoms with Crippen molar-refractivity contribution < 1.29 is 19.4 Å². The Morgan fingerprint density at radius 2 is 1.80 bits per heavy atom. The summed E-state index contributed by atoms with van der Waals surface area (Å²) < 4.78 is 5.20. The van der Waals surface area contributed by atoms with Gasteiger partial charge in [0.15, 0.2) is 0 Å². The van der Waals surface area contributed by atoms with Crippen molar-refractivity contribution >= 4 is 17.6 Å². The van der Waals surface area contributed by atoms with Crippen LogP contribution in [0.2, 0.25) is 0 Å². The highest BCUT2D eigenvalue weighted by Crippen LogP contribution is 2.24. The number of anilines is 1. The number of methoxy groups -OCH3 is 1. The van der Waals surface area contributed by atoms with Crippen LogP contribution in [0.1, 0.15) is 26.3 Å². The fourth-order valence-electron chi connectivity index (χ4n) is 2.44. The standard InChI is InChI=1S/C19H22N2O4/c1-21(2)17-9-8-15(25-3)12-16(17)18(22)20-11-10-13-4-6-14(7-5-13)19(23)24/h4-9,12H,10-11H2,1-3H3,(H,20,22)(H,23,24). The highest BCUT2D eigenvalue weighted by molar-refractivity contribution is 6.00. The lowest BCUT2D eigenvalue weighted by Gasteiger charge is -2.18. The van der Waals surface area contributed by atoms with E-state index in [9.17, 15) is 9.59 Å². The molecular formula is C19H22N2O4. The second-order valence-electron chi connectivity index (χ2n) is 5.79. The van der Waals surface area contributed by atoms with Crippen LogP contribution in [0.15, 0.2) is 42.5 Å². The van der Waals surface area contributed by atoms with E-state index in [0.29, 0.717) is 24.3 Å². The SMILES string of the molecule is COc1ccc(N(C)C)c(C(=O)NCCc2ccc(C(=O)O)cc2)c1. The lowest BCUT2D eigenvalue weighted by atomic mass is 10.1. The molecule has 25 heavy (non-hydrogen) atoms. The van der Waals surface area contributed by atoms with Crippen molar-refractivity contribution in [2.45, 2.75) is 6.42 Å². The van der Waals surface area contributed by atoms with Gasteiger partial charge in [-0.3, -0.25) is 4.79 Å². The fraction of sp³-hybridized carbons (Fsp3) is 0.263. The normalized spacial score (nSPS) is 10.2. The van der Waals surface area contributed by atoms with Crippen molar-refractivity contribution in [3.8, 4) is 5.75 Å². The third-order valence-corrected chi connectivity index (χ3v) is 3.83. The Labute approximate surface area is 147 Å². The maximum atomic E-state index is 12.5. The molecule has 6 heteroatoms. The van der Waals surface area contributed by atoms with Gasteiger partial charge in [-0.1, -0.05) is 12.1 Å². The number of hydrogen-bond acceptors (Lipinski definition) is 4. The number of ether oxygens (including phenoxy) is 1. The Kier molecular flexibility index (Phi) is 6.00. The molecule has 0 radical (unpaired) electrons. The number of carboxylic acid groups (broad SMARTS) is 1. The van der Waals surface area contributed by atoms with E-state index in [4.69, 9.17) is 9.84 Å². The van der Waals surface area contributed by atoms with E-state index >= 15 is 0 Å². The zero-order chi connectivity index (χ0) is 18.4. The minimum Gasteiger partial charge on any atom is -0.497 e. The smallest absolute Gasteiger partial charge is 0.335 e. The summed E-state index contributed by atoms with van der Waals surface area (Å²) in [5.41, 5.74) is 2.57. The first-order valence-electron chi connectivity index (χ1n) is 7.88. The summed E-state index contributed by atoms with van der Waals surface area (Å²) >= 11 is 0. The van der Waals surface area contributed by atoms with Crippen molar-refractivity contribution in [3.63, 3.8) is 0 Å². The van der Waals surface area contributed by atoms with Gasteiger partial charge in [-0.05, 0) is 42.3 Å². The predicted molar refractivity (Wildman–Crippen MR) is 96.8 cm³/mol. The summed E-state index contributed by atoms with van der Waals surface area (Å²) in [5, 5.41) is 11.8. The van der Waals surface area contributed by atoms with Crippen LogP contribution in [0, 0.1) is 0 Å². The van der Waals surface area contributed by atoms with E-state index in [1.54, 1.807) is 37.4 Å². The monoisotopic (exact) mass is 342 g/mol. The summed E-state index contributed by atoms with van der Waals surface area (Å²) in [7, 11) is 5.32. The summed E-state index contributed by atoms with van der Waals surface area (Å²) in [6, 6.07) is 12.0. The van der Waals surface area contributed by atoms with Crippen molar-refractivity contribution in [3.05, 3.63) is 59.2 Å². The van der Waals surface area contributed by atoms with Gasteiger partial charge in [-0.25, -0.2) is 4.79 Å². The van der Waals surface area contributed by atoms with Crippen LogP contribution in [0.5, 0.6) is 5.75 Å². The molecule has 0 saturated carbocycles. The molecule has 0 saturated heterocycles. The molecular weight excluding hydrogens is 320 g/mol. The number of carboxylic acids is 1. The van der Waals surface area contributed by atoms with Crippen LogP contribution < -0.4 is 15.0 Å². The maximum absolute atomic E-state index is 12.5. The van der Waals surface area contributed by atoms with Gasteiger partial charge in [0.1, 0.15) is 5.75 Å². The van der Waals surface area contributed by atoms with E-state index < -0.39 is 5.97 Å². The third kappa shape index (κ3) is 4.73. The number of aromatic carboxylic acids is 1. The molecule has 2 rings (SSSR count). The molecule has 0 aliphatic carbocycles. The Balaban J connectivity index is 2.01. The van der Waals surface area contributed by atoms with E-state index in [2.05, 4.69) is 5.32 Å². The summed E-state index contributed by atoms with van der Waals surface area (Å²) in [6.07, 6.45) is 0.618. The van der Waals surface area contributed by atoms with Crippen molar-refractivity contribution in [1.82, 2.24) is 5.32 Å². The Bertz CT molecular complexity index is 755. The number of rotatable bonds is 7. The van der Waals surface area contributed by atoms with Crippen molar-refractivity contribution in [2.24, 2.45) is 0 Å². The summed E-state index contributed by atoms with van der Waals surface area (Å²) in [6.45, 7) is 0.454. The van der Waals surface area contributed by atoms with Gasteiger partial charge in [0.2, 0.25) is 0 Å².